The van der Waals surface area contributed by atoms with Crippen molar-refractivity contribution in [1.29, 1.82) is 0 Å². The molecule has 0 aromatic heterocycles. The molecule has 1 atom stereocenters. The van der Waals surface area contributed by atoms with Gasteiger partial charge in [-0.2, -0.15) is 0 Å². The lowest BCUT2D eigenvalue weighted by Crippen LogP contribution is -2.21. The van der Waals surface area contributed by atoms with Gasteiger partial charge in [-0.05, 0) is 49.6 Å². The molecule has 0 saturated carbocycles. The number of anilines is 2. The first kappa shape index (κ1) is 20.7. The molecule has 1 saturated heterocycles. The predicted octanol–water partition coefficient (Wildman–Crippen LogP) is 4.25. The van der Waals surface area contributed by atoms with Crippen molar-refractivity contribution in [3.63, 3.8) is 0 Å². The molecule has 1 heterocycles. The lowest BCUT2D eigenvalue weighted by Gasteiger charge is -2.13. The summed E-state index contributed by atoms with van der Waals surface area (Å²) in [6, 6.07) is 14.9. The van der Waals surface area contributed by atoms with Crippen molar-refractivity contribution in [3.05, 3.63) is 60.7 Å². The minimum atomic E-state index is -0.146. The van der Waals surface area contributed by atoms with E-state index in [0.29, 0.717) is 24.7 Å². The Morgan fingerprint density at radius 2 is 1.86 bits per heavy atom. The molecule has 1 aliphatic heterocycles. The first-order valence-corrected chi connectivity index (χ1v) is 9.84. The van der Waals surface area contributed by atoms with Crippen LogP contribution in [-0.2, 0) is 9.53 Å². The van der Waals surface area contributed by atoms with Gasteiger partial charge in [0.1, 0.15) is 24.7 Å². The molecule has 6 heteroatoms. The van der Waals surface area contributed by atoms with Crippen molar-refractivity contribution in [2.75, 3.05) is 37.0 Å². The zero-order valence-electron chi connectivity index (χ0n) is 16.8. The molecule has 1 amide bonds. The first-order valence-electron chi connectivity index (χ1n) is 9.84. The predicted molar refractivity (Wildman–Crippen MR) is 115 cm³/mol. The zero-order chi connectivity index (χ0) is 20.5. The van der Waals surface area contributed by atoms with Crippen LogP contribution in [0, 0.1) is 0 Å². The van der Waals surface area contributed by atoms with Gasteiger partial charge in [-0.25, -0.2) is 0 Å². The number of nitrogens with one attached hydrogen (secondary N) is 2. The summed E-state index contributed by atoms with van der Waals surface area (Å²) in [5, 5.41) is 5.99. The van der Waals surface area contributed by atoms with E-state index in [1.54, 1.807) is 6.07 Å². The van der Waals surface area contributed by atoms with Crippen LogP contribution in [0.25, 0.3) is 0 Å². The third-order valence-corrected chi connectivity index (χ3v) is 4.35. The number of hydrogen-bond acceptors (Lipinski definition) is 5. The van der Waals surface area contributed by atoms with Crippen LogP contribution in [-0.4, -0.2) is 38.4 Å². The lowest BCUT2D eigenvalue weighted by molar-refractivity contribution is -0.114. The standard InChI is InChI=1S/C23H28N2O4/c1-17(2)15-28-21-9-4-7-19(13-21)25-23(26)14-24-18-6-3-8-20(12-18)29-16-22-10-5-11-27-22/h3-4,6-9,12-13,22,24H,1,5,10-11,14-16H2,2H3,(H,25,26). The number of rotatable bonds is 10. The van der Waals surface area contributed by atoms with Gasteiger partial charge in [0.2, 0.25) is 5.91 Å². The minimum absolute atomic E-state index is 0.145. The minimum Gasteiger partial charge on any atom is -0.491 e. The van der Waals surface area contributed by atoms with Crippen LogP contribution in [0.3, 0.4) is 0 Å². The monoisotopic (exact) mass is 396 g/mol. The number of hydrogen-bond donors (Lipinski definition) is 2. The van der Waals surface area contributed by atoms with Gasteiger partial charge in [-0.15, -0.1) is 0 Å². The van der Waals surface area contributed by atoms with Crippen molar-refractivity contribution in [1.82, 2.24) is 0 Å². The largest absolute Gasteiger partial charge is 0.491 e. The number of carbonyl (C=O) groups is 1. The molecule has 0 spiro atoms. The van der Waals surface area contributed by atoms with Gasteiger partial charge in [-0.3, -0.25) is 4.79 Å². The molecule has 0 bridgehead atoms. The molecule has 6 nitrogen and oxygen atoms in total. The maximum absolute atomic E-state index is 12.3. The average molecular weight is 396 g/mol. The van der Waals surface area contributed by atoms with Crippen molar-refractivity contribution in [3.8, 4) is 11.5 Å². The van der Waals surface area contributed by atoms with E-state index in [4.69, 9.17) is 14.2 Å². The second-order valence-electron chi connectivity index (χ2n) is 7.15. The van der Waals surface area contributed by atoms with E-state index in [9.17, 15) is 4.79 Å². The van der Waals surface area contributed by atoms with Gasteiger partial charge in [0.05, 0.1) is 12.6 Å². The van der Waals surface area contributed by atoms with Gasteiger partial charge in [-0.1, -0.05) is 18.7 Å². The summed E-state index contributed by atoms with van der Waals surface area (Å²) in [6.45, 7) is 7.67. The highest BCUT2D eigenvalue weighted by Gasteiger charge is 2.16. The summed E-state index contributed by atoms with van der Waals surface area (Å²) in [5.41, 5.74) is 2.44. The maximum Gasteiger partial charge on any atom is 0.243 e. The normalized spacial score (nSPS) is 15.6. The molecular formula is C23H28N2O4. The van der Waals surface area contributed by atoms with Crippen LogP contribution in [0.1, 0.15) is 19.8 Å². The Bertz CT molecular complexity index is 831. The van der Waals surface area contributed by atoms with Crippen LogP contribution in [0.2, 0.25) is 0 Å². The van der Waals surface area contributed by atoms with E-state index in [0.717, 1.165) is 36.5 Å². The Morgan fingerprint density at radius 1 is 1.14 bits per heavy atom. The Labute approximate surface area is 171 Å². The Balaban J connectivity index is 1.46. The molecule has 1 aliphatic rings. The molecule has 0 radical (unpaired) electrons. The molecule has 2 N–H and O–H groups in total. The van der Waals surface area contributed by atoms with E-state index in [1.807, 2.05) is 49.4 Å². The molecule has 0 aliphatic carbocycles. The molecule has 29 heavy (non-hydrogen) atoms. The molecule has 2 aromatic rings. The van der Waals surface area contributed by atoms with Gasteiger partial charge in [0.15, 0.2) is 0 Å². The van der Waals surface area contributed by atoms with E-state index < -0.39 is 0 Å². The third kappa shape index (κ3) is 7.16. The third-order valence-electron chi connectivity index (χ3n) is 4.35. The summed E-state index contributed by atoms with van der Waals surface area (Å²) in [6.07, 6.45) is 2.30. The van der Waals surface area contributed by atoms with Crippen molar-refractivity contribution < 1.29 is 19.0 Å². The van der Waals surface area contributed by atoms with Crippen LogP contribution in [0.4, 0.5) is 11.4 Å². The van der Waals surface area contributed by atoms with Crippen molar-refractivity contribution >= 4 is 17.3 Å². The second-order valence-corrected chi connectivity index (χ2v) is 7.15. The van der Waals surface area contributed by atoms with E-state index in [-0.39, 0.29) is 18.6 Å². The number of carbonyl (C=O) groups excluding carboxylic acids is 1. The van der Waals surface area contributed by atoms with E-state index >= 15 is 0 Å². The van der Waals surface area contributed by atoms with Crippen LogP contribution < -0.4 is 20.1 Å². The molecule has 2 aromatic carbocycles. The van der Waals surface area contributed by atoms with Gasteiger partial charge in [0.25, 0.3) is 0 Å². The smallest absolute Gasteiger partial charge is 0.243 e. The topological polar surface area (TPSA) is 68.8 Å². The number of benzene rings is 2. The molecule has 154 valence electrons. The quantitative estimate of drug-likeness (QED) is 0.588. The fourth-order valence-electron chi connectivity index (χ4n) is 2.92. The van der Waals surface area contributed by atoms with E-state index in [1.165, 1.54) is 0 Å². The highest BCUT2D eigenvalue weighted by atomic mass is 16.5. The van der Waals surface area contributed by atoms with Gasteiger partial charge < -0.3 is 24.8 Å². The molecular weight excluding hydrogens is 368 g/mol. The number of ether oxygens (including phenoxy) is 3. The summed E-state index contributed by atoms with van der Waals surface area (Å²) in [4.78, 5) is 12.3. The molecule has 1 unspecified atom stereocenters. The highest BCUT2D eigenvalue weighted by Crippen LogP contribution is 2.20. The van der Waals surface area contributed by atoms with Gasteiger partial charge in [0, 0.05) is 30.1 Å². The second kappa shape index (κ2) is 10.5. The Morgan fingerprint density at radius 3 is 2.59 bits per heavy atom. The summed E-state index contributed by atoms with van der Waals surface area (Å²) in [7, 11) is 0. The zero-order valence-corrected chi connectivity index (χ0v) is 16.8. The van der Waals surface area contributed by atoms with Crippen molar-refractivity contribution in [2.24, 2.45) is 0 Å². The Kier molecular flexibility index (Phi) is 7.53. The SMILES string of the molecule is C=C(C)COc1cccc(NC(=O)CNc2cccc(OCC3CCCO3)c2)c1. The Hall–Kier alpha value is -2.99. The van der Waals surface area contributed by atoms with Crippen molar-refractivity contribution in [2.45, 2.75) is 25.9 Å². The fourth-order valence-corrected chi connectivity index (χ4v) is 2.92. The first-order chi connectivity index (χ1) is 14.1. The van der Waals surface area contributed by atoms with E-state index in [2.05, 4.69) is 17.2 Å². The van der Waals surface area contributed by atoms with Crippen LogP contribution >= 0.6 is 0 Å². The lowest BCUT2D eigenvalue weighted by atomic mass is 10.2. The van der Waals surface area contributed by atoms with Gasteiger partial charge >= 0.3 is 0 Å². The summed E-state index contributed by atoms with van der Waals surface area (Å²) in [5.74, 6) is 1.30. The molecule has 1 fully saturated rings. The fraction of sp³-hybridized carbons (Fsp3) is 0.348. The highest BCUT2D eigenvalue weighted by molar-refractivity contribution is 5.93. The molecule has 3 rings (SSSR count). The maximum atomic E-state index is 12.3. The number of amides is 1. The summed E-state index contributed by atoms with van der Waals surface area (Å²) < 4.78 is 17.0. The van der Waals surface area contributed by atoms with Crippen LogP contribution in [0.15, 0.2) is 60.7 Å². The summed E-state index contributed by atoms with van der Waals surface area (Å²) >= 11 is 0. The average Bonchev–Trinajstić information content (AvgIpc) is 3.24. The van der Waals surface area contributed by atoms with Crippen LogP contribution in [0.5, 0.6) is 11.5 Å².